The number of hydrogen-bond donors (Lipinski definition) is 1. The summed E-state index contributed by atoms with van der Waals surface area (Å²) < 4.78 is 33.8. The van der Waals surface area contributed by atoms with E-state index in [-0.39, 0.29) is 47.3 Å². The van der Waals surface area contributed by atoms with Crippen molar-refractivity contribution in [3.05, 3.63) is 82.2 Å². The van der Waals surface area contributed by atoms with E-state index in [0.29, 0.717) is 12.1 Å². The van der Waals surface area contributed by atoms with Crippen molar-refractivity contribution in [3.63, 3.8) is 0 Å². The van der Waals surface area contributed by atoms with E-state index < -0.39 is 17.6 Å². The first-order valence-electron chi connectivity index (χ1n) is 10.2. The maximum atomic E-state index is 14.3. The Balaban J connectivity index is 2.06. The van der Waals surface area contributed by atoms with Crippen LogP contribution in [0.2, 0.25) is 0 Å². The summed E-state index contributed by atoms with van der Waals surface area (Å²) in [4.78, 5) is 33.1. The van der Waals surface area contributed by atoms with Gasteiger partial charge < -0.3 is 10.1 Å². The van der Waals surface area contributed by atoms with Crippen LogP contribution in [0.15, 0.2) is 42.5 Å². The molecule has 0 aliphatic heterocycles. The molecule has 0 spiro atoms. The maximum Gasteiger partial charge on any atom is 0.341 e. The normalized spacial score (nSPS) is 10.7. The highest BCUT2D eigenvalue weighted by atomic mass is 19.1. The third kappa shape index (κ3) is 4.96. The molecular weight excluding hydrogens is 416 g/mol. The van der Waals surface area contributed by atoms with Crippen LogP contribution in [0.5, 0.6) is 0 Å². The van der Waals surface area contributed by atoms with Crippen LogP contribution in [0.1, 0.15) is 51.5 Å². The first-order chi connectivity index (χ1) is 15.3. The van der Waals surface area contributed by atoms with Crippen molar-refractivity contribution in [1.29, 1.82) is 0 Å². The summed E-state index contributed by atoms with van der Waals surface area (Å²) in [6.07, 6.45) is 0.177. The molecule has 0 unspecified atom stereocenters. The number of carbonyl (C=O) groups is 2. The van der Waals surface area contributed by atoms with E-state index >= 15 is 0 Å². The summed E-state index contributed by atoms with van der Waals surface area (Å²) in [6, 6.07) is 10.3. The van der Waals surface area contributed by atoms with Crippen molar-refractivity contribution in [1.82, 2.24) is 15.3 Å². The van der Waals surface area contributed by atoms with Gasteiger partial charge in [0.1, 0.15) is 17.2 Å². The Morgan fingerprint density at radius 2 is 1.66 bits per heavy atom. The number of hydrogen-bond acceptors (Lipinski definition) is 5. The number of esters is 1. The zero-order chi connectivity index (χ0) is 23.3. The topological polar surface area (TPSA) is 81.2 Å². The lowest BCUT2D eigenvalue weighted by Gasteiger charge is -2.14. The predicted molar refractivity (Wildman–Crippen MR) is 115 cm³/mol. The fraction of sp³-hybridized carbons (Fsp3) is 0.250. The van der Waals surface area contributed by atoms with Gasteiger partial charge in [-0.05, 0) is 50.6 Å². The van der Waals surface area contributed by atoms with Gasteiger partial charge in [-0.3, -0.25) is 4.79 Å². The van der Waals surface area contributed by atoms with E-state index in [1.807, 2.05) is 6.92 Å². The summed E-state index contributed by atoms with van der Waals surface area (Å²) in [5.74, 6) is -2.56. The molecule has 0 fully saturated rings. The molecule has 1 N–H and O–H groups in total. The van der Waals surface area contributed by atoms with Gasteiger partial charge in [0, 0.05) is 18.5 Å². The molecule has 2 aromatic carbocycles. The van der Waals surface area contributed by atoms with Crippen molar-refractivity contribution in [2.75, 3.05) is 13.2 Å². The second kappa shape index (κ2) is 10.1. The second-order valence-corrected chi connectivity index (χ2v) is 7.00. The van der Waals surface area contributed by atoms with Crippen LogP contribution < -0.4 is 5.32 Å². The van der Waals surface area contributed by atoms with Crippen LogP contribution in [0, 0.1) is 18.6 Å². The van der Waals surface area contributed by atoms with Crippen molar-refractivity contribution in [2.45, 2.75) is 27.2 Å². The molecule has 32 heavy (non-hydrogen) atoms. The predicted octanol–water partition coefficient (Wildman–Crippen LogP) is 4.25. The number of aromatic nitrogens is 2. The summed E-state index contributed by atoms with van der Waals surface area (Å²) in [7, 11) is 0. The average Bonchev–Trinajstić information content (AvgIpc) is 2.74. The number of amides is 1. The number of benzene rings is 2. The van der Waals surface area contributed by atoms with Crippen LogP contribution in [-0.2, 0) is 11.2 Å². The summed E-state index contributed by atoms with van der Waals surface area (Å²) in [6.45, 7) is 5.74. The highest BCUT2D eigenvalue weighted by molar-refractivity contribution is 5.94. The van der Waals surface area contributed by atoms with Gasteiger partial charge in [0.15, 0.2) is 5.82 Å². The van der Waals surface area contributed by atoms with Gasteiger partial charge >= 0.3 is 5.97 Å². The van der Waals surface area contributed by atoms with Crippen molar-refractivity contribution < 1.29 is 23.1 Å². The molecule has 166 valence electrons. The summed E-state index contributed by atoms with van der Waals surface area (Å²) >= 11 is 0. The molecule has 8 heteroatoms. The number of halogens is 2. The number of ether oxygens (including phenoxy) is 1. The molecule has 0 saturated heterocycles. The number of nitrogens with one attached hydrogen (secondary N) is 1. The van der Waals surface area contributed by atoms with E-state index in [1.165, 1.54) is 6.07 Å². The van der Waals surface area contributed by atoms with Gasteiger partial charge in [0.25, 0.3) is 5.91 Å². The molecule has 3 rings (SSSR count). The zero-order valence-electron chi connectivity index (χ0n) is 18.0. The van der Waals surface area contributed by atoms with E-state index in [0.717, 1.165) is 17.7 Å². The molecule has 0 aliphatic carbocycles. The van der Waals surface area contributed by atoms with Gasteiger partial charge in [-0.25, -0.2) is 23.5 Å². The highest BCUT2D eigenvalue weighted by Crippen LogP contribution is 2.26. The first kappa shape index (κ1) is 23.0. The largest absolute Gasteiger partial charge is 0.462 e. The molecule has 3 aromatic rings. The number of nitrogens with zero attached hydrogens (tertiary/aromatic N) is 2. The van der Waals surface area contributed by atoms with Crippen LogP contribution in [0.25, 0.3) is 11.4 Å². The average molecular weight is 439 g/mol. The molecule has 6 nitrogen and oxygen atoms in total. The standard InChI is InChI=1S/C24H23F2N3O3/c1-4-27-23(30)16-11-9-15(10-12-16)13-19-20(24(31)32-5-2)14(3)28-22(29-19)21-17(25)7-6-8-18(21)26/h6-12H,4-5,13H2,1-3H3,(H,27,30). The lowest BCUT2D eigenvalue weighted by Crippen LogP contribution is -2.22. The molecule has 1 amide bonds. The minimum Gasteiger partial charge on any atom is -0.462 e. The van der Waals surface area contributed by atoms with E-state index in [2.05, 4.69) is 15.3 Å². The minimum atomic E-state index is -0.800. The van der Waals surface area contributed by atoms with Crippen LogP contribution >= 0.6 is 0 Å². The Labute approximate surface area is 184 Å². The van der Waals surface area contributed by atoms with Crippen molar-refractivity contribution in [3.8, 4) is 11.4 Å². The number of carbonyl (C=O) groups excluding carboxylic acids is 2. The van der Waals surface area contributed by atoms with Gasteiger partial charge in [-0.2, -0.15) is 0 Å². The van der Waals surface area contributed by atoms with E-state index in [4.69, 9.17) is 4.74 Å². The highest BCUT2D eigenvalue weighted by Gasteiger charge is 2.23. The maximum absolute atomic E-state index is 14.3. The van der Waals surface area contributed by atoms with E-state index in [1.54, 1.807) is 38.1 Å². The van der Waals surface area contributed by atoms with Gasteiger partial charge in [0.2, 0.25) is 0 Å². The third-order valence-electron chi connectivity index (χ3n) is 4.76. The van der Waals surface area contributed by atoms with Crippen LogP contribution in [-0.4, -0.2) is 35.0 Å². The zero-order valence-corrected chi connectivity index (χ0v) is 18.0. The molecule has 0 saturated carbocycles. The van der Waals surface area contributed by atoms with Gasteiger partial charge in [-0.1, -0.05) is 18.2 Å². The van der Waals surface area contributed by atoms with Crippen LogP contribution in [0.4, 0.5) is 8.78 Å². The van der Waals surface area contributed by atoms with Crippen LogP contribution in [0.3, 0.4) is 0 Å². The second-order valence-electron chi connectivity index (χ2n) is 7.00. The van der Waals surface area contributed by atoms with Gasteiger partial charge in [-0.15, -0.1) is 0 Å². The molecule has 0 radical (unpaired) electrons. The molecule has 0 aliphatic rings. The Morgan fingerprint density at radius 3 is 2.25 bits per heavy atom. The van der Waals surface area contributed by atoms with Gasteiger partial charge in [0.05, 0.1) is 23.6 Å². The monoisotopic (exact) mass is 439 g/mol. The first-order valence-corrected chi connectivity index (χ1v) is 10.2. The molecule has 1 aromatic heterocycles. The fourth-order valence-corrected chi connectivity index (χ4v) is 3.28. The molecule has 0 atom stereocenters. The fourth-order valence-electron chi connectivity index (χ4n) is 3.28. The van der Waals surface area contributed by atoms with Crippen molar-refractivity contribution in [2.24, 2.45) is 0 Å². The lowest BCUT2D eigenvalue weighted by molar-refractivity contribution is 0.0523. The van der Waals surface area contributed by atoms with Crippen molar-refractivity contribution >= 4 is 11.9 Å². The quantitative estimate of drug-likeness (QED) is 0.557. The number of rotatable bonds is 7. The SMILES string of the molecule is CCNC(=O)c1ccc(Cc2nc(-c3c(F)cccc3F)nc(C)c2C(=O)OCC)cc1. The molecular formula is C24H23F2N3O3. The summed E-state index contributed by atoms with van der Waals surface area (Å²) in [5.41, 5.74) is 1.57. The smallest absolute Gasteiger partial charge is 0.341 e. The Hall–Kier alpha value is -3.68. The molecule has 0 bridgehead atoms. The summed E-state index contributed by atoms with van der Waals surface area (Å²) in [5, 5.41) is 2.72. The Bertz CT molecular complexity index is 1130. The minimum absolute atomic E-state index is 0.153. The third-order valence-corrected chi connectivity index (χ3v) is 4.76. The Kier molecular flexibility index (Phi) is 7.25. The number of aryl methyl sites for hydroxylation is 1. The Morgan fingerprint density at radius 1 is 1.00 bits per heavy atom. The van der Waals surface area contributed by atoms with E-state index in [9.17, 15) is 18.4 Å². The molecule has 1 heterocycles. The lowest BCUT2D eigenvalue weighted by atomic mass is 10.0.